The second-order valence-electron chi connectivity index (χ2n) is 10.7. The number of fused-ring (bicyclic) bond motifs is 1. The van der Waals surface area contributed by atoms with Crippen molar-refractivity contribution in [3.8, 4) is 0 Å². The zero-order chi connectivity index (χ0) is 25.6. The fourth-order valence-electron chi connectivity index (χ4n) is 5.02. The fourth-order valence-corrected chi connectivity index (χ4v) is 5.02. The van der Waals surface area contributed by atoms with Gasteiger partial charge in [-0.15, -0.1) is 0 Å². The zero-order valence-corrected chi connectivity index (χ0v) is 21.7. The highest BCUT2D eigenvalue weighted by molar-refractivity contribution is 5.97. The molecule has 0 saturated carbocycles. The van der Waals surface area contributed by atoms with E-state index in [-0.39, 0.29) is 17.2 Å². The van der Waals surface area contributed by atoms with Crippen LogP contribution in [0, 0.1) is 12.3 Å². The number of nitrogens with two attached hydrogens (primary N) is 1. The lowest BCUT2D eigenvalue weighted by Crippen LogP contribution is -2.46. The predicted octanol–water partition coefficient (Wildman–Crippen LogP) is 3.83. The van der Waals surface area contributed by atoms with Crippen molar-refractivity contribution in [1.82, 2.24) is 15.6 Å². The molecule has 0 radical (unpaired) electrons. The van der Waals surface area contributed by atoms with Gasteiger partial charge in [0.15, 0.2) is 0 Å². The average Bonchev–Trinajstić information content (AvgIpc) is 3.14. The molecule has 1 aliphatic rings. The number of unbranched alkanes of at least 4 members (excludes halogenated alkanes) is 1. The van der Waals surface area contributed by atoms with Gasteiger partial charge in [-0.2, -0.15) is 0 Å². The number of aryl methyl sites for hydroxylation is 1. The van der Waals surface area contributed by atoms with Crippen molar-refractivity contribution < 1.29 is 14.7 Å². The number of aromatic nitrogens is 1. The van der Waals surface area contributed by atoms with E-state index in [1.54, 1.807) is 0 Å². The molecule has 1 heterocycles. The number of nitrogens with one attached hydrogen (secondary N) is 3. The topological polar surface area (TPSA) is 120 Å². The lowest BCUT2D eigenvalue weighted by Gasteiger charge is -2.33. The first-order valence-electron chi connectivity index (χ1n) is 12.9. The van der Waals surface area contributed by atoms with E-state index in [1.807, 2.05) is 19.1 Å². The second-order valence-corrected chi connectivity index (χ2v) is 10.7. The van der Waals surface area contributed by atoms with Crippen molar-refractivity contribution in [3.05, 3.63) is 57.9 Å². The molecule has 2 atom stereocenters. The van der Waals surface area contributed by atoms with Gasteiger partial charge < -0.3 is 26.5 Å². The third-order valence-electron chi connectivity index (χ3n) is 6.97. The summed E-state index contributed by atoms with van der Waals surface area (Å²) in [6.07, 6.45) is 5.09. The Morgan fingerprint density at radius 1 is 1.20 bits per heavy atom. The average molecular weight is 483 g/mol. The number of aliphatic hydroxyl groups excluding tert-OH is 1. The van der Waals surface area contributed by atoms with Crippen molar-refractivity contribution in [2.45, 2.75) is 91.3 Å². The van der Waals surface area contributed by atoms with Crippen molar-refractivity contribution in [2.75, 3.05) is 6.54 Å². The van der Waals surface area contributed by atoms with Crippen molar-refractivity contribution >= 4 is 11.8 Å². The Morgan fingerprint density at radius 2 is 1.89 bits per heavy atom. The first-order chi connectivity index (χ1) is 16.6. The monoisotopic (exact) mass is 482 g/mol. The summed E-state index contributed by atoms with van der Waals surface area (Å²) < 4.78 is 0. The maximum Gasteiger partial charge on any atom is 0.268 e. The van der Waals surface area contributed by atoms with E-state index in [2.05, 4.69) is 48.5 Å². The van der Waals surface area contributed by atoms with Crippen LogP contribution in [0.5, 0.6) is 0 Å². The molecule has 6 N–H and O–H groups in total. The number of amides is 2. The van der Waals surface area contributed by atoms with Crippen LogP contribution in [0.15, 0.2) is 24.3 Å². The number of aromatic amines is 1. The van der Waals surface area contributed by atoms with Crippen LogP contribution in [0.25, 0.3) is 0 Å². The van der Waals surface area contributed by atoms with Gasteiger partial charge in [0.05, 0.1) is 6.10 Å². The fraction of sp³-hybridized carbons (Fsp3) is 0.571. The summed E-state index contributed by atoms with van der Waals surface area (Å²) in [4.78, 5) is 29.5. The van der Waals surface area contributed by atoms with Crippen LogP contribution >= 0.6 is 0 Å². The van der Waals surface area contributed by atoms with Crippen LogP contribution in [0.4, 0.5) is 0 Å². The van der Waals surface area contributed by atoms with E-state index in [9.17, 15) is 14.7 Å². The predicted molar refractivity (Wildman–Crippen MR) is 139 cm³/mol. The van der Waals surface area contributed by atoms with Crippen molar-refractivity contribution in [1.29, 1.82) is 0 Å². The summed E-state index contributed by atoms with van der Waals surface area (Å²) in [6, 6.07) is 7.56. The number of hydrogen-bond donors (Lipinski definition) is 5. The Labute approximate surface area is 209 Å². The Balaban J connectivity index is 1.66. The summed E-state index contributed by atoms with van der Waals surface area (Å²) in [7, 11) is 0. The molecule has 1 aliphatic carbocycles. The molecular formula is C28H42N4O3. The number of carbonyl (C=O) groups is 2. The van der Waals surface area contributed by atoms with E-state index >= 15 is 0 Å². The Morgan fingerprint density at radius 3 is 2.54 bits per heavy atom. The smallest absolute Gasteiger partial charge is 0.268 e. The maximum atomic E-state index is 13.2. The molecule has 2 unspecified atom stereocenters. The number of benzene rings is 1. The summed E-state index contributed by atoms with van der Waals surface area (Å²) in [5.74, 6) is -0.489. The molecule has 35 heavy (non-hydrogen) atoms. The third-order valence-corrected chi connectivity index (χ3v) is 6.97. The molecular weight excluding hydrogens is 440 g/mol. The largest absolute Gasteiger partial charge is 0.388 e. The van der Waals surface area contributed by atoms with Gasteiger partial charge in [0.2, 0.25) is 5.91 Å². The molecule has 3 rings (SSSR count). The zero-order valence-electron chi connectivity index (χ0n) is 21.7. The minimum atomic E-state index is -0.618. The Kier molecular flexibility index (Phi) is 9.14. The number of hydrogen-bond acceptors (Lipinski definition) is 4. The van der Waals surface area contributed by atoms with Crippen molar-refractivity contribution in [3.63, 3.8) is 0 Å². The molecule has 1 aromatic carbocycles. The quantitative estimate of drug-likeness (QED) is 0.334. The number of aliphatic hydroxyl groups is 1. The van der Waals surface area contributed by atoms with Crippen LogP contribution in [0.2, 0.25) is 0 Å². The van der Waals surface area contributed by atoms with Gasteiger partial charge in [-0.1, -0.05) is 57.9 Å². The normalized spacial score (nSPS) is 17.5. The first-order valence-corrected chi connectivity index (χ1v) is 12.9. The van der Waals surface area contributed by atoms with Gasteiger partial charge in [-0.3, -0.25) is 9.59 Å². The van der Waals surface area contributed by atoms with Crippen LogP contribution in [0.3, 0.4) is 0 Å². The number of H-pyrrole nitrogens is 1. The van der Waals surface area contributed by atoms with Gasteiger partial charge >= 0.3 is 0 Å². The SMILES string of the molecule is CCCCC(NC(=O)c1[nH]c2c(c1C)C(O)CC(C)(C)C2)C(=O)NCc1ccc(CCCN)cc1. The highest BCUT2D eigenvalue weighted by atomic mass is 16.3. The molecule has 0 bridgehead atoms. The van der Waals surface area contributed by atoms with Gasteiger partial charge in [0.1, 0.15) is 11.7 Å². The van der Waals surface area contributed by atoms with Crippen molar-refractivity contribution in [2.24, 2.45) is 11.1 Å². The molecule has 0 saturated heterocycles. The van der Waals surface area contributed by atoms with Crippen LogP contribution in [-0.4, -0.2) is 34.5 Å². The molecule has 192 valence electrons. The molecule has 0 aliphatic heterocycles. The van der Waals surface area contributed by atoms with E-state index in [0.717, 1.165) is 54.5 Å². The van der Waals surface area contributed by atoms with E-state index < -0.39 is 12.1 Å². The maximum absolute atomic E-state index is 13.2. The Hall–Kier alpha value is -2.64. The molecule has 7 heteroatoms. The molecule has 2 aromatic rings. The molecule has 0 spiro atoms. The molecule has 1 aromatic heterocycles. The minimum absolute atomic E-state index is 0.0381. The Bertz CT molecular complexity index is 1010. The molecule has 7 nitrogen and oxygen atoms in total. The lowest BCUT2D eigenvalue weighted by atomic mass is 9.75. The van der Waals surface area contributed by atoms with Gasteiger partial charge in [0.25, 0.3) is 5.91 Å². The second kappa shape index (κ2) is 11.9. The van der Waals surface area contributed by atoms with E-state index in [1.165, 1.54) is 5.56 Å². The van der Waals surface area contributed by atoms with Gasteiger partial charge in [0, 0.05) is 17.8 Å². The number of carbonyl (C=O) groups excluding carboxylic acids is 2. The van der Waals surface area contributed by atoms with E-state index in [0.29, 0.717) is 31.6 Å². The third kappa shape index (κ3) is 6.95. The lowest BCUT2D eigenvalue weighted by molar-refractivity contribution is -0.123. The highest BCUT2D eigenvalue weighted by Gasteiger charge is 2.35. The van der Waals surface area contributed by atoms with Gasteiger partial charge in [-0.25, -0.2) is 0 Å². The summed E-state index contributed by atoms with van der Waals surface area (Å²) in [6.45, 7) is 9.25. The van der Waals surface area contributed by atoms with Crippen LogP contribution in [-0.2, 0) is 24.2 Å². The first kappa shape index (κ1) is 27.0. The minimum Gasteiger partial charge on any atom is -0.388 e. The van der Waals surface area contributed by atoms with Crippen LogP contribution < -0.4 is 16.4 Å². The van der Waals surface area contributed by atoms with Crippen LogP contribution in [0.1, 0.15) is 97.4 Å². The highest BCUT2D eigenvalue weighted by Crippen LogP contribution is 2.42. The summed E-state index contributed by atoms with van der Waals surface area (Å²) in [5.41, 5.74) is 10.7. The molecule has 2 amide bonds. The molecule has 0 fully saturated rings. The summed E-state index contributed by atoms with van der Waals surface area (Å²) >= 11 is 0. The van der Waals surface area contributed by atoms with E-state index in [4.69, 9.17) is 5.73 Å². The number of rotatable bonds is 11. The van der Waals surface area contributed by atoms with Gasteiger partial charge in [-0.05, 0) is 67.7 Å². The standard InChI is InChI=1S/C28H42N4O3/c1-5-6-9-21(26(34)30-17-20-12-10-19(11-13-20)8-7-14-29)32-27(35)25-18(2)24-22(31-25)15-28(3,4)16-23(24)33/h10-13,21,23,31,33H,5-9,14-17,29H2,1-4H3,(H,30,34)(H,32,35). The summed E-state index contributed by atoms with van der Waals surface area (Å²) in [5, 5.41) is 16.6.